The van der Waals surface area contributed by atoms with E-state index in [9.17, 15) is 4.79 Å². The Kier molecular flexibility index (Phi) is 4.13. The molecule has 3 nitrogen and oxygen atoms in total. The van der Waals surface area contributed by atoms with Crippen LogP contribution in [0.25, 0.3) is 0 Å². The van der Waals surface area contributed by atoms with Gasteiger partial charge in [0.1, 0.15) is 5.75 Å². The molecule has 1 aromatic carbocycles. The van der Waals surface area contributed by atoms with Gasteiger partial charge in [-0.25, -0.2) is 0 Å². The first kappa shape index (κ1) is 15.6. The molecule has 0 N–H and O–H groups in total. The first-order valence-corrected chi connectivity index (χ1v) is 7.39. The molecule has 0 aliphatic heterocycles. The van der Waals surface area contributed by atoms with Gasteiger partial charge in [0.05, 0.1) is 19.1 Å². The topological polar surface area (TPSA) is 35.5 Å². The highest BCUT2D eigenvalue weighted by Gasteiger charge is 2.53. The van der Waals surface area contributed by atoms with E-state index in [1.807, 2.05) is 32.9 Å². The molecule has 0 bridgehead atoms. The second-order valence-electron chi connectivity index (χ2n) is 6.07. The molecule has 2 rings (SSSR count). The van der Waals surface area contributed by atoms with Crippen LogP contribution in [0, 0.1) is 12.3 Å². The maximum absolute atomic E-state index is 12.5. The summed E-state index contributed by atoms with van der Waals surface area (Å²) >= 11 is 0. The van der Waals surface area contributed by atoms with Crippen LogP contribution in [-0.4, -0.2) is 19.7 Å². The van der Waals surface area contributed by atoms with Crippen molar-refractivity contribution in [2.75, 3.05) is 13.7 Å². The van der Waals surface area contributed by atoms with E-state index in [0.717, 1.165) is 16.9 Å². The van der Waals surface area contributed by atoms with E-state index in [1.165, 1.54) is 0 Å². The average Bonchev–Trinajstić information content (AvgIpc) is 2.77. The van der Waals surface area contributed by atoms with Crippen molar-refractivity contribution in [1.82, 2.24) is 0 Å². The van der Waals surface area contributed by atoms with Gasteiger partial charge in [-0.3, -0.25) is 4.79 Å². The van der Waals surface area contributed by atoms with E-state index in [-0.39, 0.29) is 5.97 Å². The number of hydrogen-bond donors (Lipinski definition) is 0. The van der Waals surface area contributed by atoms with Crippen molar-refractivity contribution in [3.63, 3.8) is 0 Å². The molecule has 1 aliphatic rings. The molecule has 0 radical (unpaired) electrons. The largest absolute Gasteiger partial charge is 0.496 e. The van der Waals surface area contributed by atoms with Gasteiger partial charge in [0, 0.05) is 11.0 Å². The van der Waals surface area contributed by atoms with Crippen molar-refractivity contribution in [1.29, 1.82) is 0 Å². The maximum atomic E-state index is 12.5. The van der Waals surface area contributed by atoms with Crippen LogP contribution in [0.1, 0.15) is 38.3 Å². The van der Waals surface area contributed by atoms with Gasteiger partial charge in [0.25, 0.3) is 0 Å². The summed E-state index contributed by atoms with van der Waals surface area (Å²) in [6, 6.07) is 6.09. The highest BCUT2D eigenvalue weighted by Crippen LogP contribution is 2.53. The molecule has 1 aliphatic carbocycles. The molecule has 21 heavy (non-hydrogen) atoms. The summed E-state index contributed by atoms with van der Waals surface area (Å²) in [5.74, 6) is 0.659. The van der Waals surface area contributed by atoms with Crippen LogP contribution in [0.3, 0.4) is 0 Å². The number of rotatable bonds is 4. The second kappa shape index (κ2) is 5.55. The number of carbonyl (C=O) groups excluding carboxylic acids is 1. The van der Waals surface area contributed by atoms with Crippen molar-refractivity contribution in [2.45, 2.75) is 39.5 Å². The van der Waals surface area contributed by atoms with E-state index in [4.69, 9.17) is 9.47 Å². The number of esters is 1. The number of ether oxygens (including phenoxy) is 2. The Morgan fingerprint density at radius 3 is 2.67 bits per heavy atom. The number of carbonyl (C=O) groups is 1. The molecule has 0 fully saturated rings. The lowest BCUT2D eigenvalue weighted by Crippen LogP contribution is -2.44. The van der Waals surface area contributed by atoms with Gasteiger partial charge in [-0.2, -0.15) is 0 Å². The summed E-state index contributed by atoms with van der Waals surface area (Å²) in [5.41, 5.74) is 1.15. The highest BCUT2D eigenvalue weighted by atomic mass is 16.5. The van der Waals surface area contributed by atoms with E-state index in [1.54, 1.807) is 7.11 Å². The number of benzene rings is 1. The van der Waals surface area contributed by atoms with Crippen LogP contribution >= 0.6 is 0 Å². The van der Waals surface area contributed by atoms with Crippen LogP contribution in [0.4, 0.5) is 0 Å². The van der Waals surface area contributed by atoms with Gasteiger partial charge < -0.3 is 9.47 Å². The third-order valence-corrected chi connectivity index (χ3v) is 4.76. The summed E-state index contributed by atoms with van der Waals surface area (Å²) in [4.78, 5) is 12.5. The minimum atomic E-state index is -0.607. The number of methoxy groups -OCH3 is 1. The Morgan fingerprint density at radius 1 is 1.33 bits per heavy atom. The summed E-state index contributed by atoms with van der Waals surface area (Å²) in [6.45, 7) is 8.35. The summed E-state index contributed by atoms with van der Waals surface area (Å²) in [7, 11) is 1.66. The Balaban J connectivity index is 2.56. The lowest BCUT2D eigenvalue weighted by atomic mass is 9.63. The standard InChI is InChI=1S/C18H24O3/c1-6-21-16(19)18(4)11-7-10-17(18,3)14-12-13(2)8-9-15(14)20-5/h7-10,12H,6,11H2,1-5H3/t17-,18+/m0/s1. The molecule has 0 amide bonds. The van der Waals surface area contributed by atoms with Gasteiger partial charge in [-0.05, 0) is 33.3 Å². The molecule has 1 aromatic rings. The van der Waals surface area contributed by atoms with E-state index in [0.29, 0.717) is 13.0 Å². The molecular weight excluding hydrogens is 264 g/mol. The lowest BCUT2D eigenvalue weighted by molar-refractivity contribution is -0.156. The fraction of sp³-hybridized carbons (Fsp3) is 0.500. The molecule has 0 spiro atoms. The molecule has 0 saturated heterocycles. The van der Waals surface area contributed by atoms with Gasteiger partial charge in [0.2, 0.25) is 0 Å². The second-order valence-corrected chi connectivity index (χ2v) is 6.07. The molecular formula is C18H24O3. The van der Waals surface area contributed by atoms with Crippen molar-refractivity contribution < 1.29 is 14.3 Å². The number of allylic oxidation sites excluding steroid dienone is 2. The Labute approximate surface area is 127 Å². The van der Waals surface area contributed by atoms with Crippen LogP contribution in [0.2, 0.25) is 0 Å². The van der Waals surface area contributed by atoms with Crippen molar-refractivity contribution in [3.8, 4) is 5.75 Å². The Bertz CT molecular complexity index is 576. The van der Waals surface area contributed by atoms with Gasteiger partial charge >= 0.3 is 5.97 Å². The molecule has 0 heterocycles. The predicted molar refractivity (Wildman–Crippen MR) is 83.6 cm³/mol. The normalized spacial score (nSPS) is 27.7. The summed E-state index contributed by atoms with van der Waals surface area (Å²) in [5, 5.41) is 0. The zero-order valence-electron chi connectivity index (χ0n) is 13.5. The first-order chi connectivity index (χ1) is 9.89. The molecule has 0 aromatic heterocycles. The lowest BCUT2D eigenvalue weighted by Gasteiger charge is -2.39. The monoisotopic (exact) mass is 288 g/mol. The van der Waals surface area contributed by atoms with Crippen molar-refractivity contribution in [3.05, 3.63) is 41.5 Å². The molecule has 114 valence electrons. The fourth-order valence-electron chi connectivity index (χ4n) is 3.13. The SMILES string of the molecule is CCOC(=O)[C@@]1(C)CC=C[C@@]1(C)c1cc(C)ccc1OC. The van der Waals surface area contributed by atoms with Crippen LogP contribution in [-0.2, 0) is 14.9 Å². The molecule has 0 saturated carbocycles. The quantitative estimate of drug-likeness (QED) is 0.624. The van der Waals surface area contributed by atoms with E-state index in [2.05, 4.69) is 25.1 Å². The average molecular weight is 288 g/mol. The smallest absolute Gasteiger partial charge is 0.313 e. The number of aryl methyl sites for hydroxylation is 1. The first-order valence-electron chi connectivity index (χ1n) is 7.39. The van der Waals surface area contributed by atoms with Crippen LogP contribution in [0.5, 0.6) is 5.75 Å². The third kappa shape index (κ3) is 2.35. The zero-order chi connectivity index (χ0) is 15.7. The molecule has 3 heteroatoms. The Morgan fingerprint density at radius 2 is 2.05 bits per heavy atom. The fourth-order valence-corrected chi connectivity index (χ4v) is 3.13. The highest BCUT2D eigenvalue weighted by molar-refractivity contribution is 5.81. The van der Waals surface area contributed by atoms with Crippen LogP contribution in [0.15, 0.2) is 30.4 Å². The number of hydrogen-bond acceptors (Lipinski definition) is 3. The third-order valence-electron chi connectivity index (χ3n) is 4.76. The van der Waals surface area contributed by atoms with Gasteiger partial charge in [0.15, 0.2) is 0 Å². The predicted octanol–water partition coefficient (Wildman–Crippen LogP) is 3.79. The van der Waals surface area contributed by atoms with Gasteiger partial charge in [-0.1, -0.05) is 36.8 Å². The minimum Gasteiger partial charge on any atom is -0.496 e. The minimum absolute atomic E-state index is 0.152. The maximum Gasteiger partial charge on any atom is 0.313 e. The van der Waals surface area contributed by atoms with Crippen molar-refractivity contribution >= 4 is 5.97 Å². The van der Waals surface area contributed by atoms with Crippen LogP contribution < -0.4 is 4.74 Å². The summed E-state index contributed by atoms with van der Waals surface area (Å²) in [6.07, 6.45) is 4.86. The summed E-state index contributed by atoms with van der Waals surface area (Å²) < 4.78 is 10.9. The molecule has 2 atom stereocenters. The zero-order valence-corrected chi connectivity index (χ0v) is 13.5. The molecule has 0 unspecified atom stereocenters. The van der Waals surface area contributed by atoms with E-state index < -0.39 is 10.8 Å². The van der Waals surface area contributed by atoms with Gasteiger partial charge in [-0.15, -0.1) is 0 Å². The van der Waals surface area contributed by atoms with Crippen molar-refractivity contribution in [2.24, 2.45) is 5.41 Å². The van der Waals surface area contributed by atoms with E-state index >= 15 is 0 Å². The Hall–Kier alpha value is -1.77.